The number of aliphatic hydroxyl groups excluding tert-OH is 1. The van der Waals surface area contributed by atoms with E-state index in [0.29, 0.717) is 12.5 Å². The summed E-state index contributed by atoms with van der Waals surface area (Å²) in [7, 11) is 0. The van der Waals surface area contributed by atoms with E-state index in [1.165, 1.54) is 11.5 Å². The molecule has 2 rings (SSSR count). The van der Waals surface area contributed by atoms with E-state index in [-0.39, 0.29) is 6.10 Å². The Morgan fingerprint density at radius 1 is 1.57 bits per heavy atom. The lowest BCUT2D eigenvalue weighted by atomic mass is 9.96. The van der Waals surface area contributed by atoms with E-state index < -0.39 is 0 Å². The smallest absolute Gasteiger partial charge is 0.205 e. The minimum absolute atomic E-state index is 0.229. The van der Waals surface area contributed by atoms with Gasteiger partial charge in [-0.2, -0.15) is 4.37 Å². The van der Waals surface area contributed by atoms with E-state index in [0.717, 1.165) is 23.9 Å². The molecule has 4 nitrogen and oxygen atoms in total. The van der Waals surface area contributed by atoms with Crippen LogP contribution in [-0.2, 0) is 0 Å². The van der Waals surface area contributed by atoms with E-state index in [4.69, 9.17) is 0 Å². The van der Waals surface area contributed by atoms with Crippen molar-refractivity contribution in [2.75, 3.05) is 18.0 Å². The molecular weight excluding hydrogens is 198 g/mol. The van der Waals surface area contributed by atoms with Crippen molar-refractivity contribution >= 4 is 16.7 Å². The van der Waals surface area contributed by atoms with Crippen LogP contribution in [0.5, 0.6) is 0 Å². The molecule has 5 heteroatoms. The van der Waals surface area contributed by atoms with Gasteiger partial charge in [0.1, 0.15) is 5.82 Å². The third kappa shape index (κ3) is 1.88. The first-order valence-electron chi connectivity index (χ1n) is 4.90. The van der Waals surface area contributed by atoms with Gasteiger partial charge < -0.3 is 10.0 Å². The second-order valence-electron chi connectivity index (χ2n) is 3.90. The predicted octanol–water partition coefficient (Wildman–Crippen LogP) is 1.05. The van der Waals surface area contributed by atoms with E-state index in [1.807, 2.05) is 6.92 Å². The van der Waals surface area contributed by atoms with Crippen molar-refractivity contribution in [1.82, 2.24) is 9.36 Å². The minimum Gasteiger partial charge on any atom is -0.391 e. The van der Waals surface area contributed by atoms with Crippen LogP contribution in [0.3, 0.4) is 0 Å². The molecule has 1 fully saturated rings. The lowest BCUT2D eigenvalue weighted by molar-refractivity contribution is 0.103. The van der Waals surface area contributed by atoms with Gasteiger partial charge in [-0.05, 0) is 19.3 Å². The Morgan fingerprint density at radius 3 is 2.93 bits per heavy atom. The maximum atomic E-state index is 9.73. The van der Waals surface area contributed by atoms with Crippen LogP contribution >= 0.6 is 11.5 Å². The maximum Gasteiger partial charge on any atom is 0.205 e. The molecule has 0 aliphatic carbocycles. The zero-order chi connectivity index (χ0) is 10.1. The average molecular weight is 213 g/mol. The molecular formula is C9H15N3OS. The van der Waals surface area contributed by atoms with E-state index in [1.54, 1.807) is 0 Å². The summed E-state index contributed by atoms with van der Waals surface area (Å²) in [4.78, 5) is 6.44. The number of hydrogen-bond acceptors (Lipinski definition) is 5. The first kappa shape index (κ1) is 9.86. The molecule has 1 aromatic heterocycles. The Hall–Kier alpha value is -0.680. The van der Waals surface area contributed by atoms with Crippen LogP contribution in [0.25, 0.3) is 0 Å². The van der Waals surface area contributed by atoms with Crippen LogP contribution in [0.4, 0.5) is 5.13 Å². The molecule has 1 saturated heterocycles. The van der Waals surface area contributed by atoms with Crippen LogP contribution in [0.1, 0.15) is 19.2 Å². The second kappa shape index (κ2) is 3.82. The molecule has 0 bridgehead atoms. The molecule has 0 amide bonds. The molecule has 2 atom stereocenters. The van der Waals surface area contributed by atoms with Crippen molar-refractivity contribution in [2.24, 2.45) is 5.92 Å². The van der Waals surface area contributed by atoms with Gasteiger partial charge >= 0.3 is 0 Å². The molecule has 1 aromatic rings. The molecule has 0 aromatic carbocycles. The summed E-state index contributed by atoms with van der Waals surface area (Å²) in [5, 5.41) is 10.7. The topological polar surface area (TPSA) is 49.2 Å². The number of hydrogen-bond donors (Lipinski definition) is 1. The van der Waals surface area contributed by atoms with Crippen molar-refractivity contribution in [3.63, 3.8) is 0 Å². The fourth-order valence-electron chi connectivity index (χ4n) is 1.64. The van der Waals surface area contributed by atoms with Crippen molar-refractivity contribution in [3.8, 4) is 0 Å². The van der Waals surface area contributed by atoms with Crippen molar-refractivity contribution in [3.05, 3.63) is 5.82 Å². The normalized spacial score (nSPS) is 28.1. The number of nitrogens with zero attached hydrogens (tertiary/aromatic N) is 3. The highest BCUT2D eigenvalue weighted by molar-refractivity contribution is 7.09. The van der Waals surface area contributed by atoms with Crippen LogP contribution < -0.4 is 4.90 Å². The molecule has 2 unspecified atom stereocenters. The standard InChI is InChI=1S/C9H15N3OS/c1-6-3-4-12(5-8(6)13)9-10-7(2)11-14-9/h6,8,13H,3-5H2,1-2H3. The highest BCUT2D eigenvalue weighted by Crippen LogP contribution is 2.24. The molecule has 0 saturated carbocycles. The Bertz CT molecular complexity index is 315. The molecule has 1 N–H and O–H groups in total. The van der Waals surface area contributed by atoms with Gasteiger partial charge in [0.05, 0.1) is 6.10 Å². The zero-order valence-electron chi connectivity index (χ0n) is 8.47. The Morgan fingerprint density at radius 2 is 2.36 bits per heavy atom. The second-order valence-corrected chi connectivity index (χ2v) is 4.63. The number of anilines is 1. The molecule has 0 spiro atoms. The summed E-state index contributed by atoms with van der Waals surface area (Å²) in [6.45, 7) is 5.65. The largest absolute Gasteiger partial charge is 0.391 e. The Labute approximate surface area is 87.8 Å². The van der Waals surface area contributed by atoms with Crippen LogP contribution in [-0.4, -0.2) is 33.7 Å². The van der Waals surface area contributed by atoms with E-state index in [2.05, 4.69) is 21.2 Å². The average Bonchev–Trinajstić information content (AvgIpc) is 2.57. The summed E-state index contributed by atoms with van der Waals surface area (Å²) in [5.41, 5.74) is 0. The summed E-state index contributed by atoms with van der Waals surface area (Å²) >= 11 is 1.41. The van der Waals surface area contributed by atoms with Crippen LogP contribution in [0, 0.1) is 12.8 Å². The molecule has 1 aliphatic heterocycles. The maximum absolute atomic E-state index is 9.73. The van der Waals surface area contributed by atoms with Gasteiger partial charge in [0.2, 0.25) is 5.13 Å². The lowest BCUT2D eigenvalue weighted by Gasteiger charge is -2.33. The van der Waals surface area contributed by atoms with E-state index in [9.17, 15) is 5.11 Å². The number of β-amino-alcohol motifs (C(OH)–C–C–N with tert-alkyl or cyclic N) is 1. The van der Waals surface area contributed by atoms with Gasteiger partial charge in [-0.1, -0.05) is 6.92 Å². The number of aromatic nitrogens is 2. The molecule has 0 radical (unpaired) electrons. The summed E-state index contributed by atoms with van der Waals surface area (Å²) in [6.07, 6.45) is 0.799. The fourth-order valence-corrected chi connectivity index (χ4v) is 2.35. The summed E-state index contributed by atoms with van der Waals surface area (Å²) in [5.74, 6) is 1.22. The van der Waals surface area contributed by atoms with Gasteiger partial charge in [0.15, 0.2) is 0 Å². The van der Waals surface area contributed by atoms with Crippen molar-refractivity contribution < 1.29 is 5.11 Å². The first-order chi connectivity index (χ1) is 6.66. The quantitative estimate of drug-likeness (QED) is 0.757. The molecule has 2 heterocycles. The van der Waals surface area contributed by atoms with Gasteiger partial charge in [-0.15, -0.1) is 0 Å². The molecule has 78 valence electrons. The number of rotatable bonds is 1. The van der Waals surface area contributed by atoms with Crippen LogP contribution in [0.15, 0.2) is 0 Å². The number of piperidine rings is 1. The van der Waals surface area contributed by atoms with E-state index >= 15 is 0 Å². The third-order valence-electron chi connectivity index (χ3n) is 2.71. The van der Waals surface area contributed by atoms with Gasteiger partial charge in [0, 0.05) is 24.6 Å². The monoisotopic (exact) mass is 213 g/mol. The zero-order valence-corrected chi connectivity index (χ0v) is 9.29. The molecule has 14 heavy (non-hydrogen) atoms. The lowest BCUT2D eigenvalue weighted by Crippen LogP contribution is -2.42. The number of aliphatic hydroxyl groups is 1. The summed E-state index contributed by atoms with van der Waals surface area (Å²) in [6, 6.07) is 0. The van der Waals surface area contributed by atoms with Crippen molar-refractivity contribution in [2.45, 2.75) is 26.4 Å². The van der Waals surface area contributed by atoms with Gasteiger partial charge in [-0.25, -0.2) is 4.98 Å². The predicted molar refractivity (Wildman–Crippen MR) is 56.6 cm³/mol. The number of aryl methyl sites for hydroxylation is 1. The third-order valence-corrected chi connectivity index (χ3v) is 3.57. The first-order valence-corrected chi connectivity index (χ1v) is 5.67. The van der Waals surface area contributed by atoms with Gasteiger partial charge in [0.25, 0.3) is 0 Å². The Balaban J connectivity index is 2.06. The summed E-state index contributed by atoms with van der Waals surface area (Å²) < 4.78 is 4.14. The molecule has 1 aliphatic rings. The van der Waals surface area contributed by atoms with Gasteiger partial charge in [-0.3, -0.25) is 0 Å². The minimum atomic E-state index is -0.229. The SMILES string of the molecule is Cc1nsc(N2CCC(C)C(O)C2)n1. The van der Waals surface area contributed by atoms with Crippen LogP contribution in [0.2, 0.25) is 0 Å². The fraction of sp³-hybridized carbons (Fsp3) is 0.778. The highest BCUT2D eigenvalue weighted by Gasteiger charge is 2.25. The highest BCUT2D eigenvalue weighted by atomic mass is 32.1. The van der Waals surface area contributed by atoms with Crippen molar-refractivity contribution in [1.29, 1.82) is 0 Å². The Kier molecular flexibility index (Phi) is 2.69.